The van der Waals surface area contributed by atoms with Gasteiger partial charge in [0.05, 0.1) is 60.7 Å². The van der Waals surface area contributed by atoms with Crippen molar-refractivity contribution in [2.45, 2.75) is 126 Å². The Hall–Kier alpha value is -1.26. The Balaban J connectivity index is 0.786. The standard InChI is InChI=1S/C28H38O9/c29-27(17-9-15(25-23(11-17)33-25)5-13-1-3-19-21(7-13)31-19)35-37-36-28(30)18-10-16(26-24(12-18)34-26)6-14-2-4-20-22(8-14)32-20/h13-26H,1-12H2. The van der Waals surface area contributed by atoms with Crippen molar-refractivity contribution in [2.75, 3.05) is 0 Å². The number of ether oxygens (including phenoxy) is 4. The predicted molar refractivity (Wildman–Crippen MR) is 124 cm³/mol. The second-order valence-electron chi connectivity index (χ2n) is 13.3. The van der Waals surface area contributed by atoms with Crippen LogP contribution in [-0.2, 0) is 43.3 Å². The first-order valence-electron chi connectivity index (χ1n) is 14.8. The molecule has 8 aliphatic rings. The van der Waals surface area contributed by atoms with Crippen LogP contribution < -0.4 is 0 Å². The Labute approximate surface area is 217 Å². The zero-order valence-electron chi connectivity index (χ0n) is 21.2. The first kappa shape index (κ1) is 23.6. The normalized spacial score (nSPS) is 52.4. The van der Waals surface area contributed by atoms with Crippen molar-refractivity contribution in [3.05, 3.63) is 0 Å². The molecule has 0 aromatic carbocycles. The lowest BCUT2D eigenvalue weighted by molar-refractivity contribution is -0.462. The van der Waals surface area contributed by atoms with Gasteiger partial charge in [0.25, 0.3) is 0 Å². The molecule has 14 unspecified atom stereocenters. The first-order chi connectivity index (χ1) is 18.1. The summed E-state index contributed by atoms with van der Waals surface area (Å²) in [5.74, 6) is 0.529. The third-order valence-corrected chi connectivity index (χ3v) is 10.8. The van der Waals surface area contributed by atoms with Crippen LogP contribution in [0.4, 0.5) is 0 Å². The van der Waals surface area contributed by atoms with Gasteiger partial charge in [-0.3, -0.25) is 9.78 Å². The van der Waals surface area contributed by atoms with Crippen LogP contribution in [0, 0.1) is 35.5 Å². The minimum absolute atomic E-state index is 0.138. The summed E-state index contributed by atoms with van der Waals surface area (Å²) in [6.45, 7) is 0. The smallest absolute Gasteiger partial charge is 0.349 e. The Morgan fingerprint density at radius 2 is 1.03 bits per heavy atom. The number of carbonyl (C=O) groups is 2. The van der Waals surface area contributed by atoms with E-state index in [9.17, 15) is 9.59 Å². The van der Waals surface area contributed by atoms with E-state index >= 15 is 0 Å². The Kier molecular flexibility index (Phi) is 5.84. The summed E-state index contributed by atoms with van der Waals surface area (Å²) in [4.78, 5) is 35.4. The highest BCUT2D eigenvalue weighted by molar-refractivity contribution is 5.73. The molecule has 4 aliphatic carbocycles. The van der Waals surface area contributed by atoms with E-state index in [-0.39, 0.29) is 36.3 Å². The summed E-state index contributed by atoms with van der Waals surface area (Å²) in [6, 6.07) is 0. The molecule has 0 aromatic rings. The monoisotopic (exact) mass is 518 g/mol. The molecule has 0 spiro atoms. The summed E-state index contributed by atoms with van der Waals surface area (Å²) in [7, 11) is 0. The van der Waals surface area contributed by atoms with Gasteiger partial charge in [-0.1, -0.05) is 0 Å². The summed E-state index contributed by atoms with van der Waals surface area (Å²) in [6.07, 6.45) is 14.7. The van der Waals surface area contributed by atoms with E-state index in [0.29, 0.717) is 60.9 Å². The third-order valence-electron chi connectivity index (χ3n) is 10.8. The van der Waals surface area contributed by atoms with Crippen LogP contribution in [-0.4, -0.2) is 60.8 Å². The zero-order valence-corrected chi connectivity index (χ0v) is 21.2. The lowest BCUT2D eigenvalue weighted by Crippen LogP contribution is -2.33. The van der Waals surface area contributed by atoms with Gasteiger partial charge in [-0.2, -0.15) is 0 Å². The zero-order chi connectivity index (χ0) is 24.7. The highest BCUT2D eigenvalue weighted by Crippen LogP contribution is 2.51. The first-order valence-corrected chi connectivity index (χ1v) is 14.8. The maximum Gasteiger partial charge on any atom is 0.349 e. The van der Waals surface area contributed by atoms with Crippen molar-refractivity contribution in [1.29, 1.82) is 0 Å². The molecule has 9 heteroatoms. The minimum atomic E-state index is -0.467. The van der Waals surface area contributed by atoms with Gasteiger partial charge in [-0.25, -0.2) is 9.59 Å². The molecule has 0 aromatic heterocycles. The van der Waals surface area contributed by atoms with Crippen molar-refractivity contribution in [1.82, 2.24) is 0 Å². The third kappa shape index (κ3) is 4.95. The fourth-order valence-electron chi connectivity index (χ4n) is 8.60. The molecule has 0 amide bonds. The van der Waals surface area contributed by atoms with E-state index in [1.165, 1.54) is 12.8 Å². The number of fused-ring (bicyclic) bond motifs is 4. The molecular formula is C28H38O9. The summed E-state index contributed by atoms with van der Waals surface area (Å²) in [5.41, 5.74) is 0. The summed E-state index contributed by atoms with van der Waals surface area (Å²) in [5, 5.41) is 4.76. The highest BCUT2D eigenvalue weighted by atomic mass is 17.5. The molecule has 8 rings (SSSR count). The molecule has 4 saturated heterocycles. The topological polar surface area (TPSA) is 112 Å². The van der Waals surface area contributed by atoms with Crippen molar-refractivity contribution in [3.63, 3.8) is 0 Å². The minimum Gasteiger partial charge on any atom is -0.370 e. The van der Waals surface area contributed by atoms with Crippen LogP contribution >= 0.6 is 0 Å². The van der Waals surface area contributed by atoms with Crippen molar-refractivity contribution < 1.29 is 43.3 Å². The Morgan fingerprint density at radius 1 is 0.541 bits per heavy atom. The maximum atomic E-state index is 12.7. The van der Waals surface area contributed by atoms with E-state index in [1.807, 2.05) is 0 Å². The number of epoxide rings is 4. The van der Waals surface area contributed by atoms with Crippen LogP contribution in [0.5, 0.6) is 0 Å². The molecule has 37 heavy (non-hydrogen) atoms. The SMILES string of the molecule is O=C(OOOC(=O)C1CC(CC2CCC3OC3C2)C2OC2C1)C1CC(CC2CCC3OC3C2)C2OC2C1. The van der Waals surface area contributed by atoms with E-state index < -0.39 is 11.9 Å². The van der Waals surface area contributed by atoms with E-state index in [1.54, 1.807) is 0 Å². The average Bonchev–Trinajstić information content (AvgIpc) is 3.69. The van der Waals surface area contributed by atoms with Gasteiger partial charge >= 0.3 is 11.9 Å². The molecule has 0 N–H and O–H groups in total. The number of hydrogen-bond acceptors (Lipinski definition) is 9. The van der Waals surface area contributed by atoms with E-state index in [0.717, 1.165) is 51.4 Å². The van der Waals surface area contributed by atoms with Gasteiger partial charge in [-0.15, -0.1) is 0 Å². The van der Waals surface area contributed by atoms with Gasteiger partial charge in [-0.05, 0) is 101 Å². The molecule has 4 heterocycles. The second-order valence-corrected chi connectivity index (χ2v) is 13.3. The number of rotatable bonds is 8. The fraction of sp³-hybridized carbons (Fsp3) is 0.929. The molecule has 0 bridgehead atoms. The van der Waals surface area contributed by atoms with Crippen LogP contribution in [0.25, 0.3) is 0 Å². The predicted octanol–water partition coefficient (Wildman–Crippen LogP) is 3.42. The van der Waals surface area contributed by atoms with Crippen LogP contribution in [0.15, 0.2) is 0 Å². The quantitative estimate of drug-likeness (QED) is 0.271. The molecule has 4 saturated carbocycles. The lowest BCUT2D eigenvalue weighted by Gasteiger charge is -2.29. The fourth-order valence-corrected chi connectivity index (χ4v) is 8.60. The van der Waals surface area contributed by atoms with Crippen LogP contribution in [0.1, 0.15) is 77.0 Å². The van der Waals surface area contributed by atoms with Crippen LogP contribution in [0.3, 0.4) is 0 Å². The van der Waals surface area contributed by atoms with Gasteiger partial charge in [0.2, 0.25) is 0 Å². The molecule has 8 fully saturated rings. The molecular weight excluding hydrogens is 480 g/mol. The summed E-state index contributed by atoms with van der Waals surface area (Å²) >= 11 is 0. The number of carbonyl (C=O) groups excluding carboxylic acids is 2. The summed E-state index contributed by atoms with van der Waals surface area (Å²) < 4.78 is 23.1. The van der Waals surface area contributed by atoms with Crippen molar-refractivity contribution >= 4 is 11.9 Å². The van der Waals surface area contributed by atoms with Crippen molar-refractivity contribution in [3.8, 4) is 0 Å². The molecule has 4 aliphatic heterocycles. The van der Waals surface area contributed by atoms with Gasteiger partial charge < -0.3 is 18.9 Å². The van der Waals surface area contributed by atoms with Gasteiger partial charge in [0.1, 0.15) is 0 Å². The van der Waals surface area contributed by atoms with E-state index in [2.05, 4.69) is 0 Å². The maximum absolute atomic E-state index is 12.7. The molecule has 14 atom stereocenters. The number of hydrogen-bond donors (Lipinski definition) is 0. The highest BCUT2D eigenvalue weighted by Gasteiger charge is 2.55. The largest absolute Gasteiger partial charge is 0.370 e. The van der Waals surface area contributed by atoms with Gasteiger partial charge in [0, 0.05) is 5.04 Å². The Morgan fingerprint density at radius 3 is 1.49 bits per heavy atom. The van der Waals surface area contributed by atoms with Crippen molar-refractivity contribution in [2.24, 2.45) is 35.5 Å². The molecule has 9 nitrogen and oxygen atoms in total. The molecule has 204 valence electrons. The van der Waals surface area contributed by atoms with Crippen LogP contribution in [0.2, 0.25) is 0 Å². The molecule has 0 radical (unpaired) electrons. The second kappa shape index (κ2) is 9.15. The van der Waals surface area contributed by atoms with Gasteiger partial charge in [0.15, 0.2) is 0 Å². The lowest BCUT2D eigenvalue weighted by atomic mass is 9.74. The average molecular weight is 519 g/mol. The Bertz CT molecular complexity index is 853. The van der Waals surface area contributed by atoms with E-state index in [4.69, 9.17) is 33.8 Å².